The Labute approximate surface area is 163 Å². The summed E-state index contributed by atoms with van der Waals surface area (Å²) in [7, 11) is 0. The van der Waals surface area contributed by atoms with Crippen molar-refractivity contribution in [1.82, 2.24) is 15.3 Å². The van der Waals surface area contributed by atoms with E-state index >= 15 is 0 Å². The van der Waals surface area contributed by atoms with E-state index in [0.29, 0.717) is 36.2 Å². The van der Waals surface area contributed by atoms with E-state index in [4.69, 9.17) is 10.5 Å². The molecule has 0 bridgehead atoms. The predicted octanol–water partition coefficient (Wildman–Crippen LogP) is 4.07. The Bertz CT molecular complexity index is 1030. The van der Waals surface area contributed by atoms with E-state index < -0.39 is 11.9 Å². The van der Waals surface area contributed by atoms with Gasteiger partial charge in [-0.1, -0.05) is 0 Å². The second kappa shape index (κ2) is 7.47. The third-order valence-corrected chi connectivity index (χ3v) is 4.97. The highest BCUT2D eigenvalue weighted by atomic mass is 19.4. The first-order valence-corrected chi connectivity index (χ1v) is 9.05. The summed E-state index contributed by atoms with van der Waals surface area (Å²) in [4.78, 5) is 7.33. The Morgan fingerprint density at radius 1 is 1.14 bits per heavy atom. The summed E-state index contributed by atoms with van der Waals surface area (Å²) in [6, 6.07) is 7.07. The number of benzene rings is 1. The number of pyridine rings is 2. The van der Waals surface area contributed by atoms with Gasteiger partial charge in [-0.05, 0) is 42.5 Å². The van der Waals surface area contributed by atoms with E-state index in [2.05, 4.69) is 15.3 Å². The Morgan fingerprint density at radius 3 is 2.69 bits per heavy atom. The fourth-order valence-corrected chi connectivity index (χ4v) is 3.35. The average Bonchev–Trinajstić information content (AvgIpc) is 2.64. The number of hydrogen-bond donors (Lipinski definition) is 2. The van der Waals surface area contributed by atoms with Crippen molar-refractivity contribution >= 4 is 16.6 Å². The number of halogens is 4. The van der Waals surface area contributed by atoms with E-state index in [1.807, 2.05) is 0 Å². The number of anilines is 1. The molecule has 0 unspecified atom stereocenters. The van der Waals surface area contributed by atoms with E-state index in [9.17, 15) is 17.6 Å². The first-order chi connectivity index (χ1) is 13.8. The summed E-state index contributed by atoms with van der Waals surface area (Å²) in [6.45, 7) is 0.303. The molecule has 2 aromatic heterocycles. The lowest BCUT2D eigenvalue weighted by Gasteiger charge is -2.36. The maximum atomic E-state index is 14.3. The number of hydrogen-bond acceptors (Lipinski definition) is 5. The maximum absolute atomic E-state index is 14.3. The van der Waals surface area contributed by atoms with Crippen molar-refractivity contribution in [3.8, 4) is 5.75 Å². The van der Waals surface area contributed by atoms with Gasteiger partial charge >= 0.3 is 6.18 Å². The molecule has 5 nitrogen and oxygen atoms in total. The molecular formula is C20H18F4N4O. The summed E-state index contributed by atoms with van der Waals surface area (Å²) in [5.74, 6) is 0.120. The van der Waals surface area contributed by atoms with Crippen LogP contribution in [0.25, 0.3) is 10.8 Å². The van der Waals surface area contributed by atoms with Gasteiger partial charge in [0, 0.05) is 42.0 Å². The molecule has 1 saturated carbocycles. The monoisotopic (exact) mass is 406 g/mol. The van der Waals surface area contributed by atoms with Gasteiger partial charge in [-0.2, -0.15) is 13.2 Å². The number of alkyl halides is 3. The van der Waals surface area contributed by atoms with Crippen LogP contribution >= 0.6 is 0 Å². The van der Waals surface area contributed by atoms with E-state index in [-0.39, 0.29) is 23.7 Å². The third-order valence-electron chi connectivity index (χ3n) is 4.97. The number of aromatic nitrogens is 2. The second-order valence-electron chi connectivity index (χ2n) is 7.02. The number of nitrogens with two attached hydrogens (primary N) is 1. The van der Waals surface area contributed by atoms with Gasteiger partial charge in [0.1, 0.15) is 29.2 Å². The highest BCUT2D eigenvalue weighted by molar-refractivity contribution is 5.87. The topological polar surface area (TPSA) is 73.1 Å². The molecule has 0 spiro atoms. The zero-order valence-electron chi connectivity index (χ0n) is 15.2. The molecule has 1 aliphatic rings. The summed E-state index contributed by atoms with van der Waals surface area (Å²) in [5, 5.41) is 4.76. The fraction of sp³-hybridized carbons (Fsp3) is 0.300. The zero-order valence-corrected chi connectivity index (χ0v) is 15.2. The van der Waals surface area contributed by atoms with Gasteiger partial charge in [0.05, 0.1) is 0 Å². The summed E-state index contributed by atoms with van der Waals surface area (Å²) >= 11 is 0. The molecule has 152 valence electrons. The molecule has 1 aromatic carbocycles. The quantitative estimate of drug-likeness (QED) is 0.625. The fourth-order valence-electron chi connectivity index (χ4n) is 3.35. The molecular weight excluding hydrogens is 388 g/mol. The van der Waals surface area contributed by atoms with Crippen molar-refractivity contribution in [3.05, 3.63) is 59.8 Å². The molecule has 0 amide bonds. The molecule has 0 atom stereocenters. The van der Waals surface area contributed by atoms with Gasteiger partial charge in [-0.3, -0.25) is 4.98 Å². The van der Waals surface area contributed by atoms with Crippen molar-refractivity contribution in [2.45, 2.75) is 37.7 Å². The standard InChI is InChI=1S/C20H18F4N4O/c21-17-2-1-11-9-28-19(25)8-15(11)16(17)10-27-12-5-14(6-12)29-13-3-4-26-18(7-13)20(22,23)24/h1-4,7-9,12,14,27H,5-6,10H2,(H2,25,28). The molecule has 1 fully saturated rings. The molecule has 3 N–H and O–H groups in total. The van der Waals surface area contributed by atoms with Crippen LogP contribution in [0.5, 0.6) is 5.75 Å². The van der Waals surface area contributed by atoms with Gasteiger partial charge in [-0.25, -0.2) is 9.37 Å². The van der Waals surface area contributed by atoms with Gasteiger partial charge in [0.25, 0.3) is 0 Å². The Kier molecular flexibility index (Phi) is 4.99. The maximum Gasteiger partial charge on any atom is 0.433 e. The first-order valence-electron chi connectivity index (χ1n) is 9.05. The average molecular weight is 406 g/mol. The van der Waals surface area contributed by atoms with Gasteiger partial charge < -0.3 is 15.8 Å². The van der Waals surface area contributed by atoms with Crippen molar-refractivity contribution in [2.24, 2.45) is 0 Å². The molecule has 4 rings (SSSR count). The first kappa shape index (κ1) is 19.4. The van der Waals surface area contributed by atoms with Crippen LogP contribution in [0.4, 0.5) is 23.4 Å². The highest BCUT2D eigenvalue weighted by Gasteiger charge is 2.34. The second-order valence-corrected chi connectivity index (χ2v) is 7.02. The number of rotatable bonds is 5. The molecule has 0 saturated heterocycles. The normalized spacial score (nSPS) is 19.2. The van der Waals surface area contributed by atoms with E-state index in [0.717, 1.165) is 17.6 Å². The lowest BCUT2D eigenvalue weighted by atomic mass is 9.89. The minimum absolute atomic E-state index is 0.0813. The number of nitrogens with one attached hydrogen (secondary N) is 1. The van der Waals surface area contributed by atoms with Crippen LogP contribution < -0.4 is 15.8 Å². The molecule has 2 heterocycles. The van der Waals surface area contributed by atoms with Crippen molar-refractivity contribution < 1.29 is 22.3 Å². The van der Waals surface area contributed by atoms with Crippen molar-refractivity contribution in [3.63, 3.8) is 0 Å². The smallest absolute Gasteiger partial charge is 0.433 e. The van der Waals surface area contributed by atoms with Crippen LogP contribution in [0.15, 0.2) is 42.7 Å². The summed E-state index contributed by atoms with van der Waals surface area (Å²) in [6.07, 6.45) is -0.807. The number of ether oxygens (including phenoxy) is 1. The number of nitrogen functional groups attached to an aromatic ring is 1. The largest absolute Gasteiger partial charge is 0.490 e. The predicted molar refractivity (Wildman–Crippen MR) is 99.6 cm³/mol. The van der Waals surface area contributed by atoms with Crippen LogP contribution in [0.1, 0.15) is 24.1 Å². The third kappa shape index (κ3) is 4.24. The van der Waals surface area contributed by atoms with Crippen LogP contribution in [0, 0.1) is 5.82 Å². The van der Waals surface area contributed by atoms with Crippen LogP contribution in [-0.4, -0.2) is 22.1 Å². The molecule has 0 radical (unpaired) electrons. The molecule has 3 aromatic rings. The van der Waals surface area contributed by atoms with Crippen LogP contribution in [-0.2, 0) is 12.7 Å². The lowest BCUT2D eigenvalue weighted by molar-refractivity contribution is -0.141. The Balaban J connectivity index is 1.35. The Hall–Kier alpha value is -2.94. The van der Waals surface area contributed by atoms with Gasteiger partial charge in [0.2, 0.25) is 0 Å². The minimum Gasteiger partial charge on any atom is -0.490 e. The lowest BCUT2D eigenvalue weighted by Crippen LogP contribution is -2.46. The van der Waals surface area contributed by atoms with Crippen molar-refractivity contribution in [2.75, 3.05) is 5.73 Å². The molecule has 29 heavy (non-hydrogen) atoms. The molecule has 1 aliphatic carbocycles. The van der Waals surface area contributed by atoms with Gasteiger partial charge in [0.15, 0.2) is 0 Å². The molecule has 9 heteroatoms. The number of nitrogens with zero attached hydrogens (tertiary/aromatic N) is 2. The SMILES string of the molecule is Nc1cc2c(CNC3CC(Oc4ccnc(C(F)(F)F)c4)C3)c(F)ccc2cn1. The van der Waals surface area contributed by atoms with E-state index in [1.54, 1.807) is 18.3 Å². The zero-order chi connectivity index (χ0) is 20.6. The minimum atomic E-state index is -4.51. The highest BCUT2D eigenvalue weighted by Crippen LogP contribution is 2.32. The van der Waals surface area contributed by atoms with Crippen molar-refractivity contribution in [1.29, 1.82) is 0 Å². The summed E-state index contributed by atoms with van der Waals surface area (Å²) < 4.78 is 58.1. The Morgan fingerprint density at radius 2 is 1.93 bits per heavy atom. The van der Waals surface area contributed by atoms with Crippen LogP contribution in [0.3, 0.4) is 0 Å². The van der Waals surface area contributed by atoms with E-state index in [1.165, 1.54) is 12.1 Å². The van der Waals surface area contributed by atoms with Crippen LogP contribution in [0.2, 0.25) is 0 Å². The molecule has 0 aliphatic heterocycles. The van der Waals surface area contributed by atoms with Gasteiger partial charge in [-0.15, -0.1) is 0 Å². The summed E-state index contributed by atoms with van der Waals surface area (Å²) in [5.41, 5.74) is 5.24. The number of fused-ring (bicyclic) bond motifs is 1.